The summed E-state index contributed by atoms with van der Waals surface area (Å²) in [5, 5.41) is 0.454. The summed E-state index contributed by atoms with van der Waals surface area (Å²) in [6.45, 7) is 1.70. The lowest BCUT2D eigenvalue weighted by Crippen LogP contribution is -2.23. The molecule has 0 aliphatic carbocycles. The van der Waals surface area contributed by atoms with Gasteiger partial charge in [-0.05, 0) is 42.3 Å². The van der Waals surface area contributed by atoms with Crippen molar-refractivity contribution >= 4 is 44.8 Å². The van der Waals surface area contributed by atoms with Crippen LogP contribution in [-0.4, -0.2) is 33.3 Å². The topological polar surface area (TPSA) is 66.5 Å². The van der Waals surface area contributed by atoms with Crippen LogP contribution in [0, 0.1) is 6.92 Å². The molecule has 0 heterocycles. The number of carbonyl (C=O) groups is 1. The summed E-state index contributed by atoms with van der Waals surface area (Å²) in [4.78, 5) is 13.2. The van der Waals surface area contributed by atoms with E-state index in [-0.39, 0.29) is 22.2 Å². The van der Waals surface area contributed by atoms with Crippen LogP contribution in [0.3, 0.4) is 0 Å². The Morgan fingerprint density at radius 2 is 1.68 bits per heavy atom. The minimum absolute atomic E-state index is 0.0308. The number of sulfonamides is 1. The smallest absolute Gasteiger partial charge is 0.263 e. The van der Waals surface area contributed by atoms with E-state index >= 15 is 0 Å². The first-order valence-corrected chi connectivity index (χ1v) is 9.61. The Morgan fingerprint density at radius 3 is 2.24 bits per heavy atom. The van der Waals surface area contributed by atoms with Gasteiger partial charge in [0, 0.05) is 24.8 Å². The van der Waals surface area contributed by atoms with Gasteiger partial charge in [0.05, 0.1) is 11.4 Å². The van der Waals surface area contributed by atoms with E-state index in [1.165, 1.54) is 17.0 Å². The zero-order valence-corrected chi connectivity index (χ0v) is 16.3. The van der Waals surface area contributed by atoms with E-state index in [2.05, 4.69) is 4.72 Å². The molecular formula is C17H18Cl2N2O3S. The van der Waals surface area contributed by atoms with Crippen LogP contribution in [0.5, 0.6) is 0 Å². The molecule has 0 fully saturated rings. The molecule has 2 aromatic carbocycles. The highest BCUT2D eigenvalue weighted by Gasteiger charge is 2.19. The molecule has 0 unspecified atom stereocenters. The maximum absolute atomic E-state index is 12.5. The van der Waals surface area contributed by atoms with Crippen molar-refractivity contribution in [2.75, 3.05) is 18.8 Å². The number of hydrogen-bond donors (Lipinski definition) is 1. The molecular weight excluding hydrogens is 383 g/mol. The zero-order valence-electron chi connectivity index (χ0n) is 14.0. The van der Waals surface area contributed by atoms with Gasteiger partial charge in [-0.1, -0.05) is 35.3 Å². The van der Waals surface area contributed by atoms with Crippen molar-refractivity contribution in [1.82, 2.24) is 4.90 Å². The molecule has 0 spiro atoms. The van der Waals surface area contributed by atoms with Crippen molar-refractivity contribution in [2.24, 2.45) is 0 Å². The number of halogens is 2. The van der Waals surface area contributed by atoms with Gasteiger partial charge in [-0.15, -0.1) is 0 Å². The molecule has 0 aliphatic rings. The molecule has 2 rings (SSSR count). The normalized spacial score (nSPS) is 11.2. The predicted octanol–water partition coefficient (Wildman–Crippen LogP) is 3.73. The van der Waals surface area contributed by atoms with Gasteiger partial charge < -0.3 is 4.90 Å². The van der Waals surface area contributed by atoms with Crippen LogP contribution in [0.2, 0.25) is 10.0 Å². The molecule has 0 aromatic heterocycles. The molecule has 0 radical (unpaired) electrons. The molecule has 0 atom stereocenters. The first kappa shape index (κ1) is 19.6. The molecule has 0 saturated carbocycles. The van der Waals surface area contributed by atoms with Gasteiger partial charge >= 0.3 is 0 Å². The number of rotatable bonds is 5. The minimum Gasteiger partial charge on any atom is -0.349 e. The average molecular weight is 401 g/mol. The molecule has 25 heavy (non-hydrogen) atoms. The number of aryl methyl sites for hydroxylation is 1. The third kappa shape index (κ3) is 4.87. The molecule has 1 amide bonds. The Morgan fingerprint density at radius 1 is 1.08 bits per heavy atom. The summed E-state index contributed by atoms with van der Waals surface area (Å²) in [5.41, 5.74) is 1.79. The van der Waals surface area contributed by atoms with E-state index in [9.17, 15) is 13.2 Å². The average Bonchev–Trinajstić information content (AvgIpc) is 2.52. The number of carbonyl (C=O) groups excluding carboxylic acids is 1. The lowest BCUT2D eigenvalue weighted by Gasteiger charge is -2.12. The molecule has 0 saturated heterocycles. The number of hydrogen-bond acceptors (Lipinski definition) is 3. The van der Waals surface area contributed by atoms with E-state index in [1.807, 2.05) is 0 Å². The van der Waals surface area contributed by atoms with Gasteiger partial charge in [0.15, 0.2) is 0 Å². The van der Waals surface area contributed by atoms with Gasteiger partial charge in [0.1, 0.15) is 4.90 Å². The van der Waals surface area contributed by atoms with Gasteiger partial charge in [-0.3, -0.25) is 9.52 Å². The van der Waals surface area contributed by atoms with Crippen molar-refractivity contribution in [3.05, 3.63) is 57.6 Å². The minimum atomic E-state index is -3.85. The summed E-state index contributed by atoms with van der Waals surface area (Å²) in [7, 11) is -0.482. The highest BCUT2D eigenvalue weighted by Crippen LogP contribution is 2.29. The van der Waals surface area contributed by atoms with Crippen LogP contribution in [0.15, 0.2) is 41.3 Å². The second-order valence-corrected chi connectivity index (χ2v) is 8.26. The standard InChI is InChI=1S/C17H18Cl2N2O3S/c1-11-8-16(15(19)10-14(11)18)25(23,24)20-13-6-4-12(5-7-13)9-17(22)21(2)3/h4-8,10,20H,9H2,1-3H3. The molecule has 5 nitrogen and oxygen atoms in total. The van der Waals surface area contributed by atoms with E-state index in [0.29, 0.717) is 16.3 Å². The number of benzene rings is 2. The SMILES string of the molecule is Cc1cc(S(=O)(=O)Nc2ccc(CC(=O)N(C)C)cc2)c(Cl)cc1Cl. The summed E-state index contributed by atoms with van der Waals surface area (Å²) in [6, 6.07) is 9.45. The van der Waals surface area contributed by atoms with E-state index < -0.39 is 10.0 Å². The van der Waals surface area contributed by atoms with E-state index in [0.717, 1.165) is 5.56 Å². The summed E-state index contributed by atoms with van der Waals surface area (Å²) in [6.07, 6.45) is 0.252. The molecule has 0 bridgehead atoms. The Balaban J connectivity index is 2.21. The third-order valence-corrected chi connectivity index (χ3v) is 5.82. The Bertz CT molecular complexity index is 895. The molecule has 134 valence electrons. The summed E-state index contributed by atoms with van der Waals surface area (Å²) in [5.74, 6) is -0.0308. The second-order valence-electron chi connectivity index (χ2n) is 5.80. The van der Waals surface area contributed by atoms with Crippen molar-refractivity contribution in [1.29, 1.82) is 0 Å². The van der Waals surface area contributed by atoms with Crippen LogP contribution in [-0.2, 0) is 21.2 Å². The summed E-state index contributed by atoms with van der Waals surface area (Å²) < 4.78 is 27.6. The van der Waals surface area contributed by atoms with Gasteiger partial charge in [0.25, 0.3) is 10.0 Å². The van der Waals surface area contributed by atoms with Crippen molar-refractivity contribution in [2.45, 2.75) is 18.2 Å². The third-order valence-electron chi connectivity index (χ3n) is 3.56. The Labute approximate surface area is 157 Å². The number of likely N-dealkylation sites (N-methyl/N-ethyl adjacent to an activating group) is 1. The second kappa shape index (κ2) is 7.64. The van der Waals surface area contributed by atoms with Crippen LogP contribution >= 0.6 is 23.2 Å². The van der Waals surface area contributed by atoms with Crippen LogP contribution in [0.4, 0.5) is 5.69 Å². The molecule has 2 aromatic rings. The Kier molecular flexibility index (Phi) is 5.98. The zero-order chi connectivity index (χ0) is 18.8. The van der Waals surface area contributed by atoms with Crippen molar-refractivity contribution < 1.29 is 13.2 Å². The largest absolute Gasteiger partial charge is 0.349 e. The number of nitrogens with zero attached hydrogens (tertiary/aromatic N) is 1. The highest BCUT2D eigenvalue weighted by atomic mass is 35.5. The van der Waals surface area contributed by atoms with E-state index in [1.54, 1.807) is 45.3 Å². The number of nitrogens with one attached hydrogen (secondary N) is 1. The molecule has 8 heteroatoms. The fourth-order valence-corrected chi connectivity index (χ4v) is 3.96. The maximum Gasteiger partial charge on any atom is 0.263 e. The fourth-order valence-electron chi connectivity index (χ4n) is 2.07. The van der Waals surface area contributed by atoms with E-state index in [4.69, 9.17) is 23.2 Å². The van der Waals surface area contributed by atoms with Crippen LogP contribution in [0.1, 0.15) is 11.1 Å². The van der Waals surface area contributed by atoms with Crippen LogP contribution < -0.4 is 4.72 Å². The molecule has 1 N–H and O–H groups in total. The van der Waals surface area contributed by atoms with Crippen LogP contribution in [0.25, 0.3) is 0 Å². The first-order valence-electron chi connectivity index (χ1n) is 7.37. The first-order chi connectivity index (χ1) is 11.6. The monoisotopic (exact) mass is 400 g/mol. The molecule has 0 aliphatic heterocycles. The quantitative estimate of drug-likeness (QED) is 0.830. The lowest BCUT2D eigenvalue weighted by molar-refractivity contribution is -0.127. The van der Waals surface area contributed by atoms with Crippen molar-refractivity contribution in [3.8, 4) is 0 Å². The maximum atomic E-state index is 12.5. The lowest BCUT2D eigenvalue weighted by atomic mass is 10.1. The fraction of sp³-hybridized carbons (Fsp3) is 0.235. The Hall–Kier alpha value is -1.76. The van der Waals surface area contributed by atoms with Crippen molar-refractivity contribution in [3.63, 3.8) is 0 Å². The highest BCUT2D eigenvalue weighted by molar-refractivity contribution is 7.92. The van der Waals surface area contributed by atoms with Gasteiger partial charge in [0.2, 0.25) is 5.91 Å². The van der Waals surface area contributed by atoms with Gasteiger partial charge in [-0.2, -0.15) is 0 Å². The summed E-state index contributed by atoms with van der Waals surface area (Å²) >= 11 is 12.0. The van der Waals surface area contributed by atoms with Gasteiger partial charge in [-0.25, -0.2) is 8.42 Å². The predicted molar refractivity (Wildman–Crippen MR) is 101 cm³/mol. The number of amides is 1. The number of anilines is 1.